The van der Waals surface area contributed by atoms with Crippen molar-refractivity contribution >= 4 is 5.69 Å². The predicted molar refractivity (Wildman–Crippen MR) is 71.8 cm³/mol. The lowest BCUT2D eigenvalue weighted by Crippen LogP contribution is -2.01. The third kappa shape index (κ3) is 2.65. The highest BCUT2D eigenvalue weighted by Gasteiger charge is 2.13. The number of nitrogen functional groups attached to an aromatic ring is 1. The number of aromatic nitrogens is 2. The molecule has 2 N–H and O–H groups in total. The Morgan fingerprint density at radius 1 is 1.21 bits per heavy atom. The molecule has 0 spiro atoms. The van der Waals surface area contributed by atoms with Crippen LogP contribution in [0.25, 0.3) is 0 Å². The maximum absolute atomic E-state index is 14.0. The molecule has 0 saturated heterocycles. The highest BCUT2D eigenvalue weighted by Crippen LogP contribution is 2.29. The molecule has 2 rings (SSSR count). The Bertz CT molecular complexity index is 614. The van der Waals surface area contributed by atoms with Crippen LogP contribution < -0.4 is 10.5 Å². The van der Waals surface area contributed by atoms with Crippen LogP contribution in [-0.4, -0.2) is 9.97 Å². The van der Waals surface area contributed by atoms with Gasteiger partial charge < -0.3 is 10.5 Å². The van der Waals surface area contributed by atoms with E-state index < -0.39 is 5.82 Å². The Hall–Kier alpha value is -2.17. The number of halogens is 1. The van der Waals surface area contributed by atoms with Gasteiger partial charge in [0, 0.05) is 5.69 Å². The fourth-order valence-electron chi connectivity index (χ4n) is 1.73. The molecule has 19 heavy (non-hydrogen) atoms. The van der Waals surface area contributed by atoms with Crippen molar-refractivity contribution in [2.75, 3.05) is 5.73 Å². The molecule has 0 aliphatic carbocycles. The second-order valence-electron chi connectivity index (χ2n) is 4.37. The zero-order valence-corrected chi connectivity index (χ0v) is 11.2. The zero-order chi connectivity index (χ0) is 14.0. The van der Waals surface area contributed by atoms with Gasteiger partial charge in [-0.2, -0.15) is 9.37 Å². The van der Waals surface area contributed by atoms with Crippen LogP contribution in [0.2, 0.25) is 0 Å². The Balaban J connectivity index is 2.39. The minimum absolute atomic E-state index is 0.0564. The number of anilines is 1. The number of ether oxygens (including phenoxy) is 1. The number of benzene rings is 1. The molecule has 0 fully saturated rings. The van der Waals surface area contributed by atoms with Gasteiger partial charge in [-0.15, -0.1) is 0 Å². The molecule has 0 saturated carbocycles. The summed E-state index contributed by atoms with van der Waals surface area (Å²) in [5.74, 6) is -0.0237. The molecule has 0 bridgehead atoms. The smallest absolute Gasteiger partial charge is 0.259 e. The second-order valence-corrected chi connectivity index (χ2v) is 4.37. The van der Waals surface area contributed by atoms with E-state index in [0.717, 1.165) is 11.1 Å². The van der Waals surface area contributed by atoms with Crippen LogP contribution in [-0.2, 0) is 6.42 Å². The molecule has 0 aliphatic heterocycles. The van der Waals surface area contributed by atoms with Gasteiger partial charge in [-0.3, -0.25) is 0 Å². The molecule has 100 valence electrons. The molecule has 0 amide bonds. The van der Waals surface area contributed by atoms with E-state index in [1.807, 2.05) is 20.8 Å². The van der Waals surface area contributed by atoms with Crippen molar-refractivity contribution < 1.29 is 9.13 Å². The van der Waals surface area contributed by atoms with Gasteiger partial charge in [-0.05, 0) is 43.5 Å². The summed E-state index contributed by atoms with van der Waals surface area (Å²) in [6.07, 6.45) is 1.79. The normalized spacial score (nSPS) is 10.5. The molecule has 0 aliphatic rings. The Morgan fingerprint density at radius 2 is 1.95 bits per heavy atom. The molecular formula is C14H16FN3O. The summed E-state index contributed by atoms with van der Waals surface area (Å²) < 4.78 is 19.5. The summed E-state index contributed by atoms with van der Waals surface area (Å²) in [6.45, 7) is 5.55. The first-order chi connectivity index (χ1) is 9.02. The maximum atomic E-state index is 14.0. The first-order valence-electron chi connectivity index (χ1n) is 6.06. The highest BCUT2D eigenvalue weighted by atomic mass is 19.1. The van der Waals surface area contributed by atoms with E-state index in [1.165, 1.54) is 6.33 Å². The lowest BCUT2D eigenvalue weighted by atomic mass is 10.1. The topological polar surface area (TPSA) is 61.0 Å². The lowest BCUT2D eigenvalue weighted by molar-refractivity contribution is 0.412. The van der Waals surface area contributed by atoms with Crippen molar-refractivity contribution in [3.8, 4) is 11.6 Å². The van der Waals surface area contributed by atoms with Crippen molar-refractivity contribution in [1.29, 1.82) is 0 Å². The summed E-state index contributed by atoms with van der Waals surface area (Å²) in [7, 11) is 0. The van der Waals surface area contributed by atoms with Crippen molar-refractivity contribution in [2.24, 2.45) is 0 Å². The van der Waals surface area contributed by atoms with Gasteiger partial charge in [-0.25, -0.2) is 4.98 Å². The number of nitrogens with two attached hydrogens (primary N) is 1. The highest BCUT2D eigenvalue weighted by molar-refractivity contribution is 5.54. The van der Waals surface area contributed by atoms with Crippen molar-refractivity contribution in [2.45, 2.75) is 27.2 Å². The molecule has 1 aromatic heterocycles. The molecule has 4 nitrogen and oxygen atoms in total. The minimum atomic E-state index is -0.515. The first-order valence-corrected chi connectivity index (χ1v) is 6.06. The van der Waals surface area contributed by atoms with Crippen LogP contribution in [0.5, 0.6) is 11.6 Å². The fourth-order valence-corrected chi connectivity index (χ4v) is 1.73. The third-order valence-corrected chi connectivity index (χ3v) is 2.93. The van der Waals surface area contributed by atoms with Crippen molar-refractivity contribution in [3.63, 3.8) is 0 Å². The number of rotatable bonds is 3. The Kier molecular flexibility index (Phi) is 3.64. The van der Waals surface area contributed by atoms with Gasteiger partial charge >= 0.3 is 0 Å². The van der Waals surface area contributed by atoms with E-state index in [-0.39, 0.29) is 5.88 Å². The van der Waals surface area contributed by atoms with Gasteiger partial charge in [0.1, 0.15) is 12.1 Å². The molecule has 1 heterocycles. The fraction of sp³-hybridized carbons (Fsp3) is 0.286. The van der Waals surface area contributed by atoms with Gasteiger partial charge in [0.15, 0.2) is 0 Å². The van der Waals surface area contributed by atoms with Crippen LogP contribution >= 0.6 is 0 Å². The van der Waals surface area contributed by atoms with Gasteiger partial charge in [0.05, 0.1) is 5.69 Å². The van der Waals surface area contributed by atoms with E-state index >= 15 is 0 Å². The van der Waals surface area contributed by atoms with Gasteiger partial charge in [-0.1, -0.05) is 6.92 Å². The number of hydrogen-bond acceptors (Lipinski definition) is 4. The van der Waals surface area contributed by atoms with E-state index in [9.17, 15) is 4.39 Å². The standard InChI is InChI=1S/C14H16FN3O/c1-4-11-13(15)14(18-7-17-11)19-12-6-8(2)10(16)5-9(12)3/h5-7H,4,16H2,1-3H3. The van der Waals surface area contributed by atoms with Crippen LogP contribution in [0.15, 0.2) is 18.5 Å². The average molecular weight is 261 g/mol. The number of hydrogen-bond donors (Lipinski definition) is 1. The average Bonchev–Trinajstić information content (AvgIpc) is 2.38. The van der Waals surface area contributed by atoms with Crippen LogP contribution in [0, 0.1) is 19.7 Å². The first kappa shape index (κ1) is 13.3. The number of nitrogens with zero attached hydrogens (tertiary/aromatic N) is 2. The molecule has 0 atom stereocenters. The van der Waals surface area contributed by atoms with Crippen LogP contribution in [0.4, 0.5) is 10.1 Å². The Morgan fingerprint density at radius 3 is 2.63 bits per heavy atom. The maximum Gasteiger partial charge on any atom is 0.259 e. The quantitative estimate of drug-likeness (QED) is 0.862. The summed E-state index contributed by atoms with van der Waals surface area (Å²) in [5, 5.41) is 0. The second kappa shape index (κ2) is 5.22. The predicted octanol–water partition coefficient (Wildman–Crippen LogP) is 3.17. The van der Waals surface area contributed by atoms with E-state index in [0.29, 0.717) is 23.6 Å². The van der Waals surface area contributed by atoms with Crippen LogP contribution in [0.1, 0.15) is 23.7 Å². The largest absolute Gasteiger partial charge is 0.436 e. The molecule has 0 unspecified atom stereocenters. The lowest BCUT2D eigenvalue weighted by Gasteiger charge is -2.11. The summed E-state index contributed by atoms with van der Waals surface area (Å²) >= 11 is 0. The SMILES string of the molecule is CCc1ncnc(Oc2cc(C)c(N)cc2C)c1F. The molecule has 0 radical (unpaired) electrons. The van der Waals surface area contributed by atoms with Gasteiger partial charge in [0.2, 0.25) is 5.82 Å². The Labute approximate surface area is 111 Å². The monoisotopic (exact) mass is 261 g/mol. The van der Waals surface area contributed by atoms with E-state index in [4.69, 9.17) is 10.5 Å². The number of aryl methyl sites for hydroxylation is 3. The van der Waals surface area contributed by atoms with Crippen molar-refractivity contribution in [3.05, 3.63) is 41.1 Å². The summed E-state index contributed by atoms with van der Waals surface area (Å²) in [4.78, 5) is 7.70. The van der Waals surface area contributed by atoms with Crippen LogP contribution in [0.3, 0.4) is 0 Å². The minimum Gasteiger partial charge on any atom is -0.436 e. The van der Waals surface area contributed by atoms with E-state index in [1.54, 1.807) is 12.1 Å². The van der Waals surface area contributed by atoms with Gasteiger partial charge in [0.25, 0.3) is 5.88 Å². The molecular weight excluding hydrogens is 245 g/mol. The zero-order valence-electron chi connectivity index (χ0n) is 11.2. The van der Waals surface area contributed by atoms with E-state index in [2.05, 4.69) is 9.97 Å². The summed E-state index contributed by atoms with van der Waals surface area (Å²) in [6, 6.07) is 3.57. The summed E-state index contributed by atoms with van der Waals surface area (Å²) in [5.41, 5.74) is 8.54. The molecule has 5 heteroatoms. The third-order valence-electron chi connectivity index (χ3n) is 2.93. The molecule has 2 aromatic rings. The van der Waals surface area contributed by atoms with Crippen molar-refractivity contribution in [1.82, 2.24) is 9.97 Å². The molecule has 1 aromatic carbocycles.